The van der Waals surface area contributed by atoms with Crippen LogP contribution in [0.25, 0.3) is 0 Å². The van der Waals surface area contributed by atoms with Gasteiger partial charge in [-0.1, -0.05) is 41.5 Å². The third-order valence-corrected chi connectivity index (χ3v) is 12.8. The van der Waals surface area contributed by atoms with Crippen molar-refractivity contribution >= 4 is 78.5 Å². The fourth-order valence-electron chi connectivity index (χ4n) is 7.32. The molecule has 111 heavy (non-hydrogen) atoms. The largest absolute Gasteiger partial charge is 0.468 e. The van der Waals surface area contributed by atoms with E-state index in [4.69, 9.17) is 49.4 Å². The fourth-order valence-corrected chi connectivity index (χ4v) is 7.32. The second-order valence-electron chi connectivity index (χ2n) is 26.0. The van der Waals surface area contributed by atoms with Crippen molar-refractivity contribution in [2.45, 2.75) is 315 Å². The van der Waals surface area contributed by atoms with Gasteiger partial charge in [0, 0.05) is 75.2 Å². The minimum atomic E-state index is -0.500. The Morgan fingerprint density at radius 3 is 0.865 bits per heavy atom. The number of carbonyl (C=O) groups is 13. The monoisotopic (exact) mass is 1620 g/mol. The van der Waals surface area contributed by atoms with Gasteiger partial charge in [0.25, 0.3) is 12.9 Å². The van der Waals surface area contributed by atoms with E-state index >= 15 is 0 Å². The van der Waals surface area contributed by atoms with Crippen LogP contribution in [-0.2, 0) is 114 Å². The van der Waals surface area contributed by atoms with Gasteiger partial charge in [0.2, 0.25) is 11.8 Å². The second-order valence-corrected chi connectivity index (χ2v) is 26.0. The minimum Gasteiger partial charge on any atom is -0.468 e. The Bertz CT molecular complexity index is 2240. The van der Waals surface area contributed by atoms with Gasteiger partial charge in [0.1, 0.15) is 73.7 Å². The Kier molecular flexibility index (Phi) is 123. The first kappa shape index (κ1) is 149. The lowest BCUT2D eigenvalue weighted by Crippen LogP contribution is -2.66. The van der Waals surface area contributed by atoms with Crippen LogP contribution < -0.4 is 63.1 Å². The molecule has 0 aromatic carbocycles. The fraction of sp³-hybridized carbons (Fsp3) is 0.711. The quantitative estimate of drug-likeness (QED) is 0.0122. The molecule has 0 saturated heterocycles. The molecular weight excluding hydrogens is 1450 g/mol. The Morgan fingerprint density at radius 1 is 0.342 bits per heavy atom. The molecule has 0 heterocycles. The number of nitrogens with two attached hydrogens (primary N) is 2. The molecule has 0 bridgehead atoms. The van der Waals surface area contributed by atoms with E-state index in [1.165, 1.54) is 62.3 Å². The smallest absolute Gasteiger partial charge is 0.303 e. The number of quaternary nitrogens is 9. The number of amides is 2. The van der Waals surface area contributed by atoms with Crippen molar-refractivity contribution in [2.75, 3.05) is 19.8 Å². The minimum absolute atomic E-state index is 0. The van der Waals surface area contributed by atoms with E-state index < -0.39 is 36.0 Å². The first-order chi connectivity index (χ1) is 46.5. The summed E-state index contributed by atoms with van der Waals surface area (Å²) < 4.78 is 53.3. The molecule has 2 amide bonds. The predicted octanol–water partition coefficient (Wildman–Crippen LogP) is -0.734. The Morgan fingerprint density at radius 2 is 0.649 bits per heavy atom. The van der Waals surface area contributed by atoms with Gasteiger partial charge in [-0.05, 0) is 106 Å². The highest BCUT2D eigenvalue weighted by Gasteiger charge is 2.27. The van der Waals surface area contributed by atoms with Crippen LogP contribution in [0.4, 0.5) is 0 Å². The van der Waals surface area contributed by atoms with E-state index in [1.807, 2.05) is 69.2 Å². The Hall–Kier alpha value is -7.25. The summed E-state index contributed by atoms with van der Waals surface area (Å²) in [5.41, 5.74) is 43.7. The average Bonchev–Trinajstić information content (AvgIpc) is 0.916. The molecule has 0 rings (SSSR count). The lowest BCUT2D eigenvalue weighted by Gasteiger charge is -2.23. The lowest BCUT2D eigenvalue weighted by molar-refractivity contribution is -0.434. The first-order valence-corrected chi connectivity index (χ1v) is 34.2. The van der Waals surface area contributed by atoms with Crippen LogP contribution in [0.2, 0.25) is 0 Å². The van der Waals surface area contributed by atoms with Crippen LogP contribution in [0.5, 0.6) is 0 Å². The highest BCUT2D eigenvalue weighted by molar-refractivity contribution is 5.75. The Labute approximate surface area is 672 Å². The molecular formula is C76H173N11O24. The van der Waals surface area contributed by atoms with E-state index in [1.54, 1.807) is 13.8 Å². The molecule has 0 fully saturated rings. The maximum atomic E-state index is 10.7. The van der Waals surface area contributed by atoms with Crippen molar-refractivity contribution in [1.29, 1.82) is 0 Å². The van der Waals surface area contributed by atoms with Gasteiger partial charge < -0.3 is 182 Å². The number of carbonyl (C=O) groups excluding carboxylic acids is 13. The summed E-state index contributed by atoms with van der Waals surface area (Å²) in [5.74, 6) is -2.25. The van der Waals surface area contributed by atoms with E-state index in [0.29, 0.717) is 50.1 Å². The van der Waals surface area contributed by atoms with E-state index in [9.17, 15) is 62.3 Å². The van der Waals surface area contributed by atoms with Crippen LogP contribution in [0.1, 0.15) is 212 Å². The second kappa shape index (κ2) is 91.6. The maximum absolute atomic E-state index is 10.7. The van der Waals surface area contributed by atoms with Crippen molar-refractivity contribution in [2.24, 2.45) is 29.2 Å². The molecule has 0 aliphatic heterocycles. The zero-order valence-corrected chi connectivity index (χ0v) is 75.9. The van der Waals surface area contributed by atoms with Gasteiger partial charge in [0.15, 0.2) is 42.7 Å². The molecule has 676 valence electrons. The Balaban J connectivity index is -0.0000000544. The van der Waals surface area contributed by atoms with Crippen LogP contribution in [0.3, 0.4) is 0 Å². The number of rotatable bonds is 35. The standard InChI is InChI=1S/2C9H19NO2.C8H16N2O3.C8H15NO4.C8H17NO2.C7H14N2O3.C7H13NO4.C6H13NO2.C5H11NO2.9CH3/c1-6(2)5-9(7(3)10)12-8(4)11;1-5-6(2)9(7(3)10)12-8(4)11;1-5(9)7(13-6(2)11)3-4-8(10)12;1-6(9)8(13-7(2)11)3-4-12-5-10;1-5(2)8(6(3)9)11-7(4)10;1-4(8)6(3-7(9)11)12-5(2)10;1-5(8)7(3-11-4-9)12-6(2)10;1-4(7)5(2)9-6(3)8;1-4(6)3-8-5(2)7;;;;;;;;;/h2*6-7,9H,5,10H2,1-4H3;5,7H,3-4,9H2,1-2H3,(H2,10,12);5-6,8H,3-4,9H2,1-2H3;5-6,8H,9H2,1-4H3;4,6H,3,8H2,1-2H3,(H2,9,11);4-5,7H,3,8H2,1-2H3;4-5H,7H2,1-3H3;4H,3,6H2,1-2H3;9*1H3/q;;;;;;;;;9*-1/p+9. The maximum Gasteiger partial charge on any atom is 0.303 e. The number of primary amides is 2. The summed E-state index contributed by atoms with van der Waals surface area (Å²) in [5, 5.41) is 0. The van der Waals surface area contributed by atoms with Crippen molar-refractivity contribution < 1.29 is 166 Å². The average molecular weight is 1630 g/mol. The molecule has 31 N–H and O–H groups in total. The molecule has 35 nitrogen and oxygen atoms in total. The highest BCUT2D eigenvalue weighted by atomic mass is 16.6. The normalized spacial score (nSPS) is 14.1. The van der Waals surface area contributed by atoms with Gasteiger partial charge in [-0.2, -0.15) is 0 Å². The topological polar surface area (TPSA) is 624 Å². The third kappa shape index (κ3) is 119. The molecule has 35 heteroatoms. The van der Waals surface area contributed by atoms with Crippen molar-refractivity contribution in [3.05, 3.63) is 66.8 Å². The molecule has 18 unspecified atom stereocenters. The van der Waals surface area contributed by atoms with Crippen molar-refractivity contribution in [1.82, 2.24) is 0 Å². The van der Waals surface area contributed by atoms with Gasteiger partial charge in [-0.3, -0.25) is 62.3 Å². The van der Waals surface area contributed by atoms with Crippen molar-refractivity contribution in [3.63, 3.8) is 0 Å². The number of hydrogen-bond acceptors (Lipinski definition) is 24. The molecule has 0 spiro atoms. The zero-order chi connectivity index (χ0) is 82.5. The first-order valence-electron chi connectivity index (χ1n) is 34.2. The van der Waals surface area contributed by atoms with Gasteiger partial charge in [-0.25, -0.2) is 0 Å². The van der Waals surface area contributed by atoms with E-state index in [0.717, 1.165) is 12.8 Å². The predicted molar refractivity (Wildman–Crippen MR) is 430 cm³/mol. The molecule has 0 aromatic heterocycles. The highest BCUT2D eigenvalue weighted by Crippen LogP contribution is 2.14. The van der Waals surface area contributed by atoms with E-state index in [2.05, 4.69) is 93.5 Å². The summed E-state index contributed by atoms with van der Waals surface area (Å²) in [6.07, 6.45) is 1.37. The van der Waals surface area contributed by atoms with Crippen LogP contribution in [-0.4, -0.2) is 202 Å². The number of esters is 9. The summed E-state index contributed by atoms with van der Waals surface area (Å²) in [6, 6.07) is 0.532. The van der Waals surface area contributed by atoms with Crippen LogP contribution in [0, 0.1) is 84.6 Å². The number of ether oxygens (including phenoxy) is 11. The number of hydrogen-bond donors (Lipinski definition) is 11. The van der Waals surface area contributed by atoms with Gasteiger partial charge in [0.05, 0.1) is 13.0 Å². The lowest BCUT2D eigenvalue weighted by atomic mass is 9.97. The third-order valence-electron chi connectivity index (χ3n) is 12.8. The summed E-state index contributed by atoms with van der Waals surface area (Å²) in [6.45, 7) is 45.0. The van der Waals surface area contributed by atoms with E-state index in [-0.39, 0.29) is 226 Å². The molecule has 0 radical (unpaired) electrons. The van der Waals surface area contributed by atoms with Gasteiger partial charge in [-0.15, -0.1) is 0 Å². The molecule has 0 aromatic rings. The summed E-state index contributed by atoms with van der Waals surface area (Å²) in [7, 11) is 0. The summed E-state index contributed by atoms with van der Waals surface area (Å²) >= 11 is 0. The molecule has 0 saturated carbocycles. The summed E-state index contributed by atoms with van der Waals surface area (Å²) in [4.78, 5) is 135. The SMILES string of the molecule is CC(=O)OC(C(C)C)C(C)[NH3+].CC(=O)OC(C)C(C)[NH3+].CC(=O)OC(CC(C)C)C(C)[NH3+].CC(=O)OC(CC(N)=O)C(C)[NH3+].CC(=O)OC(CCC(N)=O)C(C)[NH3+].CC(=O)OC(CCOC=O)C(C)[NH3+].CC(=O)OC(COC=O)C(C)[NH3+].CC(=O)OCC(C)[NH3+].CCC(C)C(OC(C)=O)C(C)[NH3+].[CH3-].[CH3-].[CH3-].[CH3-].[CH3-].[CH3-].[CH3-].[CH3-].[CH3-]. The zero-order valence-electron chi connectivity index (χ0n) is 75.9. The molecule has 18 atom stereocenters. The van der Waals surface area contributed by atoms with Crippen LogP contribution >= 0.6 is 0 Å². The van der Waals surface area contributed by atoms with Crippen LogP contribution in [0.15, 0.2) is 0 Å². The van der Waals surface area contributed by atoms with Crippen molar-refractivity contribution in [3.8, 4) is 0 Å². The molecule has 0 aliphatic carbocycles. The van der Waals surface area contributed by atoms with Gasteiger partial charge >= 0.3 is 53.7 Å². The molecule has 0 aliphatic rings.